The van der Waals surface area contributed by atoms with Crippen molar-refractivity contribution in [2.75, 3.05) is 31.6 Å². The van der Waals surface area contributed by atoms with Crippen LogP contribution in [0.1, 0.15) is 38.9 Å². The van der Waals surface area contributed by atoms with Crippen LogP contribution in [0, 0.1) is 0 Å². The van der Waals surface area contributed by atoms with Crippen LogP contribution in [0.4, 0.5) is 0 Å². The van der Waals surface area contributed by atoms with Crippen LogP contribution in [0.2, 0.25) is 0 Å². The van der Waals surface area contributed by atoms with Gasteiger partial charge in [-0.2, -0.15) is 11.8 Å². The molecule has 0 spiro atoms. The number of benzene rings is 1. The molecule has 3 N–H and O–H groups in total. The summed E-state index contributed by atoms with van der Waals surface area (Å²) in [5.41, 5.74) is 0.815. The number of nitrogens with zero attached hydrogens (tertiary/aromatic N) is 1. The van der Waals surface area contributed by atoms with Crippen molar-refractivity contribution in [3.8, 4) is 5.75 Å². The predicted octanol–water partition coefficient (Wildman–Crippen LogP) is 3.43. The lowest BCUT2D eigenvalue weighted by atomic mass is 10.1. The number of nitrogens with one attached hydrogen (secondary N) is 2. The summed E-state index contributed by atoms with van der Waals surface area (Å²) in [7, 11) is 0. The zero-order valence-corrected chi connectivity index (χ0v) is 18.8. The lowest BCUT2D eigenvalue weighted by Crippen LogP contribution is -2.38. The largest absolute Gasteiger partial charge is 0.491 e. The molecule has 5 nitrogen and oxygen atoms in total. The highest BCUT2D eigenvalue weighted by Gasteiger charge is 2.09. The average molecular weight is 481 g/mol. The number of rotatable bonds is 10. The number of ether oxygens (including phenoxy) is 1. The van der Waals surface area contributed by atoms with E-state index < -0.39 is 6.10 Å². The van der Waals surface area contributed by atoms with E-state index in [-0.39, 0.29) is 30.1 Å². The van der Waals surface area contributed by atoms with E-state index in [0.717, 1.165) is 42.5 Å². The van der Waals surface area contributed by atoms with Crippen LogP contribution in [0.3, 0.4) is 0 Å². The third-order valence-electron chi connectivity index (χ3n) is 3.20. The molecule has 1 rings (SSSR count). The maximum Gasteiger partial charge on any atom is 0.191 e. The van der Waals surface area contributed by atoms with Crippen LogP contribution in [0.5, 0.6) is 5.75 Å². The molecule has 0 aliphatic carbocycles. The molecule has 0 aromatic heterocycles. The maximum atomic E-state index is 10.4. The predicted molar refractivity (Wildman–Crippen MR) is 120 cm³/mol. The summed E-state index contributed by atoms with van der Waals surface area (Å²) >= 11 is 1.84. The van der Waals surface area contributed by atoms with E-state index in [1.54, 1.807) is 0 Å². The summed E-state index contributed by atoms with van der Waals surface area (Å²) in [6.07, 6.45) is 2.65. The molecule has 0 heterocycles. The number of halogens is 1. The Morgan fingerprint density at radius 3 is 2.72 bits per heavy atom. The third kappa shape index (κ3) is 10.8. The Labute approximate surface area is 173 Å². The summed E-state index contributed by atoms with van der Waals surface area (Å²) in [4.78, 5) is 4.47. The number of hydrogen-bond donors (Lipinski definition) is 3. The van der Waals surface area contributed by atoms with Gasteiger partial charge in [0.15, 0.2) is 5.96 Å². The second kappa shape index (κ2) is 14.5. The highest BCUT2D eigenvalue weighted by Crippen LogP contribution is 2.20. The minimum absolute atomic E-state index is 0. The highest BCUT2D eigenvalue weighted by atomic mass is 127. The smallest absolute Gasteiger partial charge is 0.191 e. The van der Waals surface area contributed by atoms with Crippen molar-refractivity contribution in [1.29, 1.82) is 0 Å². The summed E-state index contributed by atoms with van der Waals surface area (Å²) in [5, 5.41) is 16.9. The lowest BCUT2D eigenvalue weighted by molar-refractivity contribution is 0.185. The van der Waals surface area contributed by atoms with Crippen LogP contribution < -0.4 is 15.4 Å². The summed E-state index contributed by atoms with van der Waals surface area (Å²) in [6, 6.07) is 7.56. The number of hydrogen-bond acceptors (Lipinski definition) is 4. The van der Waals surface area contributed by atoms with Gasteiger partial charge in [0, 0.05) is 13.1 Å². The molecular weight excluding hydrogens is 449 g/mol. The van der Waals surface area contributed by atoms with Gasteiger partial charge in [-0.15, -0.1) is 24.0 Å². The molecule has 1 atom stereocenters. The Morgan fingerprint density at radius 1 is 1.32 bits per heavy atom. The fraction of sp³-hybridized carbons (Fsp3) is 0.611. The lowest BCUT2D eigenvalue weighted by Gasteiger charge is -2.15. The van der Waals surface area contributed by atoms with Gasteiger partial charge in [0.2, 0.25) is 0 Å². The second-order valence-corrected chi connectivity index (χ2v) is 6.73. The Bertz CT molecular complexity index is 501. The van der Waals surface area contributed by atoms with Crippen molar-refractivity contribution in [1.82, 2.24) is 10.6 Å². The second-order valence-electron chi connectivity index (χ2n) is 5.75. The molecule has 0 saturated heterocycles. The van der Waals surface area contributed by atoms with Crippen molar-refractivity contribution in [2.24, 2.45) is 4.99 Å². The molecule has 0 aliphatic heterocycles. The van der Waals surface area contributed by atoms with E-state index in [4.69, 9.17) is 4.74 Å². The van der Waals surface area contributed by atoms with Crippen molar-refractivity contribution >= 4 is 41.7 Å². The molecule has 0 amide bonds. The van der Waals surface area contributed by atoms with Crippen LogP contribution in [0.15, 0.2) is 29.3 Å². The van der Waals surface area contributed by atoms with E-state index in [1.807, 2.05) is 56.8 Å². The Hall–Kier alpha value is -0.670. The quantitative estimate of drug-likeness (QED) is 0.207. The number of aliphatic hydroxyl groups is 1. The molecule has 1 aromatic rings. The van der Waals surface area contributed by atoms with Crippen molar-refractivity contribution in [2.45, 2.75) is 39.4 Å². The van der Waals surface area contributed by atoms with Crippen LogP contribution in [-0.2, 0) is 0 Å². The Morgan fingerprint density at radius 2 is 2.08 bits per heavy atom. The zero-order chi connectivity index (χ0) is 17.8. The summed E-state index contributed by atoms with van der Waals surface area (Å²) in [5.74, 6) is 2.64. The molecule has 1 aromatic carbocycles. The van der Waals surface area contributed by atoms with E-state index in [2.05, 4.69) is 21.9 Å². The highest BCUT2D eigenvalue weighted by molar-refractivity contribution is 14.0. The standard InChI is InChI=1S/C18H31N3O2S.HI/c1-5-19-18(20-10-7-11-24-4)21-13-17(22)15-8-6-9-16(12-15)23-14(2)3;/h6,8-9,12,14,17,22H,5,7,10-11,13H2,1-4H3,(H2,19,20,21);1H. The van der Waals surface area contributed by atoms with Gasteiger partial charge < -0.3 is 20.5 Å². The first-order valence-electron chi connectivity index (χ1n) is 8.52. The molecular formula is C18H32IN3O2S. The molecule has 0 fully saturated rings. The van der Waals surface area contributed by atoms with Crippen LogP contribution in [-0.4, -0.2) is 48.8 Å². The van der Waals surface area contributed by atoms with Crippen molar-refractivity contribution in [3.63, 3.8) is 0 Å². The molecule has 0 aliphatic rings. The van der Waals surface area contributed by atoms with Crippen LogP contribution >= 0.6 is 35.7 Å². The van der Waals surface area contributed by atoms with Gasteiger partial charge in [0.1, 0.15) is 5.75 Å². The first-order valence-corrected chi connectivity index (χ1v) is 9.92. The Balaban J connectivity index is 0.00000576. The van der Waals surface area contributed by atoms with E-state index in [9.17, 15) is 5.11 Å². The fourth-order valence-corrected chi connectivity index (χ4v) is 2.55. The van der Waals surface area contributed by atoms with Gasteiger partial charge in [-0.1, -0.05) is 12.1 Å². The maximum absolute atomic E-state index is 10.4. The van der Waals surface area contributed by atoms with Gasteiger partial charge in [-0.05, 0) is 56.9 Å². The van der Waals surface area contributed by atoms with E-state index in [0.29, 0.717) is 6.54 Å². The first kappa shape index (κ1) is 24.3. The van der Waals surface area contributed by atoms with Gasteiger partial charge in [0.25, 0.3) is 0 Å². The van der Waals surface area contributed by atoms with Gasteiger partial charge in [-0.3, -0.25) is 4.99 Å². The minimum Gasteiger partial charge on any atom is -0.491 e. The van der Waals surface area contributed by atoms with Gasteiger partial charge in [-0.25, -0.2) is 0 Å². The minimum atomic E-state index is -0.651. The van der Waals surface area contributed by atoms with Gasteiger partial charge in [0.05, 0.1) is 18.8 Å². The number of aliphatic imine (C=N–C) groups is 1. The zero-order valence-electron chi connectivity index (χ0n) is 15.6. The van der Waals surface area contributed by atoms with Crippen molar-refractivity contribution in [3.05, 3.63) is 29.8 Å². The summed E-state index contributed by atoms with van der Waals surface area (Å²) in [6.45, 7) is 7.98. The Kier molecular flexibility index (Phi) is 14.1. The molecule has 0 saturated carbocycles. The monoisotopic (exact) mass is 481 g/mol. The molecule has 0 bridgehead atoms. The molecule has 144 valence electrons. The fourth-order valence-electron chi connectivity index (χ4n) is 2.12. The number of thioether (sulfide) groups is 1. The third-order valence-corrected chi connectivity index (χ3v) is 3.90. The normalized spacial score (nSPS) is 12.5. The van der Waals surface area contributed by atoms with E-state index >= 15 is 0 Å². The van der Waals surface area contributed by atoms with E-state index in [1.165, 1.54) is 0 Å². The van der Waals surface area contributed by atoms with Crippen LogP contribution in [0.25, 0.3) is 0 Å². The summed E-state index contributed by atoms with van der Waals surface area (Å²) < 4.78 is 5.67. The molecule has 1 unspecified atom stereocenters. The first-order chi connectivity index (χ1) is 11.6. The molecule has 0 radical (unpaired) electrons. The average Bonchev–Trinajstić information content (AvgIpc) is 2.55. The van der Waals surface area contributed by atoms with Crippen molar-refractivity contribution < 1.29 is 9.84 Å². The number of guanidine groups is 1. The molecule has 25 heavy (non-hydrogen) atoms. The SMILES string of the molecule is CCNC(=NCC(O)c1cccc(OC(C)C)c1)NCCCSC.I. The van der Waals surface area contributed by atoms with Gasteiger partial charge >= 0.3 is 0 Å². The molecule has 7 heteroatoms. The number of aliphatic hydroxyl groups excluding tert-OH is 1. The topological polar surface area (TPSA) is 65.9 Å².